The zero-order chi connectivity index (χ0) is 103. The topological polar surface area (TPSA) is 704 Å². The van der Waals surface area contributed by atoms with E-state index in [4.69, 9.17) is 166 Å². The molecule has 21 saturated heterocycles. The highest BCUT2D eigenvalue weighted by atomic mass is 32.2. The van der Waals surface area contributed by atoms with Crippen LogP contribution in [0.1, 0.15) is 44.9 Å². The van der Waals surface area contributed by atoms with Gasteiger partial charge in [0.05, 0.1) is 86.5 Å². The van der Waals surface area contributed by atoms with E-state index in [0.29, 0.717) is 0 Å². The van der Waals surface area contributed by atoms with Crippen molar-refractivity contribution in [1.82, 2.24) is 0 Å². The molecule has 21 heterocycles. The third-order valence-corrected chi connectivity index (χ3v) is 29.4. The molecule has 21 aliphatic heterocycles. The second-order valence-corrected chi connectivity index (χ2v) is 44.3. The Balaban J connectivity index is 1.36. The number of ether oxygens (including phenoxy) is 35. The van der Waals surface area contributed by atoms with Crippen molar-refractivity contribution in [2.75, 3.05) is 232 Å². The number of methoxy groups -OCH3 is 14. The molecular formula is C77H140O56S7. The summed E-state index contributed by atoms with van der Waals surface area (Å²) in [5, 5.41) is 0. The number of hydrogen-bond donors (Lipinski definition) is 7. The van der Waals surface area contributed by atoms with E-state index in [9.17, 15) is 90.8 Å². The van der Waals surface area contributed by atoms with Crippen molar-refractivity contribution >= 4 is 70.8 Å². The highest BCUT2D eigenvalue weighted by Crippen LogP contribution is 2.44. The average molecular weight is 2190 g/mol. The Kier molecular flexibility index (Phi) is 51.5. The van der Waals surface area contributed by atoms with Crippen LogP contribution in [0.4, 0.5) is 0 Å². The predicted octanol–water partition coefficient (Wildman–Crippen LogP) is -3.96. The molecule has 826 valence electrons. The summed E-state index contributed by atoms with van der Waals surface area (Å²) in [6.07, 6.45) is -55.3. The van der Waals surface area contributed by atoms with Gasteiger partial charge in [-0.1, -0.05) is 0 Å². The third kappa shape index (κ3) is 37.5. The standard InChI is InChI=1S/C77H140O56S7/c1-99-57-50-43(36-113-22-15-29-134(78,79)80)120-71(64(57)106-8)128-51-44(37-114-23-16-30-135(81,82)83)122-73(66(108-10)58(51)100-2)130-53-46(39-116-25-18-32-137(87,88)89)124-75(68(110-12)60(53)102-4)132-55-48(41-118-27-20-34-139(93,94)95)126-77(70(112-14)62(55)104-6)133-56-49(42-119-28-21-35-140(96,97)98)125-76(69(111-13)63(56)105-7)131-54-47(40-117-26-19-33-138(90,91)92)123-74(67(109-11)61(54)103-5)129-52-45(38-115-24-17-31-136(84,85)86)121-72(127-50)65(107-9)59(52)101-3/h43-77H,15-42H2,1-14H3,(H,78,79,80)(H,81,82,83)(H,84,85,86)(H,87,88,89)(H,90,91,92)(H,93,94,95)(H,96,97,98)/t43-,44-,45-,46-,47-,48-,49-,50-,51-,52-,53-,54-,55-,56-,57-,58-,59-,60+,61+,62+,63+,64-,65-,66-,67-,68-,69-,70-,71-,72-,73-,74-,75-,76-,77-/m1/s1. The summed E-state index contributed by atoms with van der Waals surface area (Å²) in [4.78, 5) is 0. The maximum Gasteiger partial charge on any atom is 0.264 e. The lowest BCUT2D eigenvalue weighted by molar-refractivity contribution is -0.403. The Morgan fingerprint density at radius 3 is 0.350 bits per heavy atom. The molecule has 7 N–H and O–H groups in total. The van der Waals surface area contributed by atoms with E-state index in [0.717, 1.165) is 0 Å². The molecule has 35 atom stereocenters. The SMILES string of the molecule is CO[C@@H]1[C@@H](OC)[C@H]2O[C@H]3[C@H](OC)[C@@H](OC)[C@@H](O[C@H]4[C@@H](OC)[C@@H](OC)[C@@H](O[C@H]5[C@@H](OC)[C@@H](OC)[C@@H](O[C@H]6[C@@H](OC)[C@@H](OC)[C@@H](O[C@H]7[C@H](OC)[C@@H](OC)[C@@H](O[C@H]8[C@H](OC)[C@@H](OC)[C@@H](O[C@@H]1[C@@H](COCCCS(=O)(=O)O)O2)O[C@@H]8COCCCS(=O)(=O)O)O[C@@H]7COCCCS(=O)(=O)O)O[C@@H]6COCCCS(=O)(=O)O)O[C@@H]5COCCCS(=O)(=O)O)O[C@@H]4COCCCS(=O)(=O)O)O[C@@H]3COCCCS(=O)(=O)O. The van der Waals surface area contributed by atoms with Gasteiger partial charge in [0.25, 0.3) is 70.8 Å². The molecular weight excluding hydrogens is 2050 g/mol. The second-order valence-electron chi connectivity index (χ2n) is 33.3. The van der Waals surface area contributed by atoms with Crippen LogP contribution in [0, 0.1) is 0 Å². The van der Waals surface area contributed by atoms with Gasteiger partial charge in [0.1, 0.15) is 171 Å². The molecule has 0 radical (unpaired) electrons. The lowest BCUT2D eigenvalue weighted by Crippen LogP contribution is -2.69. The first kappa shape index (κ1) is 123. The minimum Gasteiger partial charge on any atom is -0.379 e. The van der Waals surface area contributed by atoms with E-state index in [-0.39, 0.29) is 91.2 Å². The first-order chi connectivity index (χ1) is 66.2. The summed E-state index contributed by atoms with van der Waals surface area (Å²) in [6, 6.07) is 0. The molecule has 0 aliphatic carbocycles. The molecule has 0 amide bonds. The van der Waals surface area contributed by atoms with E-state index in [2.05, 4.69) is 0 Å². The first-order valence-electron chi connectivity index (χ1n) is 44.5. The number of rotatable bonds is 56. The van der Waals surface area contributed by atoms with Crippen LogP contribution in [0.5, 0.6) is 0 Å². The molecule has 14 bridgehead atoms. The van der Waals surface area contributed by atoms with Crippen molar-refractivity contribution in [1.29, 1.82) is 0 Å². The van der Waals surface area contributed by atoms with Crippen molar-refractivity contribution in [2.45, 2.75) is 260 Å². The molecule has 0 spiro atoms. The number of hydrogen-bond acceptors (Lipinski definition) is 49. The Bertz CT molecular complexity index is 3640. The third-order valence-electron chi connectivity index (χ3n) is 23.8. The molecule has 0 aromatic rings. The van der Waals surface area contributed by atoms with Crippen LogP contribution in [-0.2, 0) is 237 Å². The van der Waals surface area contributed by atoms with Crippen LogP contribution in [0.3, 0.4) is 0 Å². The summed E-state index contributed by atoms with van der Waals surface area (Å²) in [6.45, 7) is -6.41. The van der Waals surface area contributed by atoms with E-state index in [1.807, 2.05) is 0 Å². The smallest absolute Gasteiger partial charge is 0.264 e. The Hall–Kier alpha value is -2.03. The second kappa shape index (κ2) is 58.5. The predicted molar refractivity (Wildman–Crippen MR) is 469 cm³/mol. The highest BCUT2D eigenvalue weighted by Gasteiger charge is 2.63. The quantitative estimate of drug-likeness (QED) is 0.0226. The molecule has 21 aliphatic rings. The van der Waals surface area contributed by atoms with Crippen LogP contribution in [0.25, 0.3) is 0 Å². The van der Waals surface area contributed by atoms with Gasteiger partial charge < -0.3 is 166 Å². The van der Waals surface area contributed by atoms with Crippen molar-refractivity contribution < 1.29 is 257 Å². The van der Waals surface area contributed by atoms with Crippen LogP contribution in [-0.4, -0.2) is 538 Å². The lowest BCUT2D eigenvalue weighted by atomic mass is 9.94. The van der Waals surface area contributed by atoms with Gasteiger partial charge in [0, 0.05) is 146 Å². The molecule has 63 heteroatoms. The van der Waals surface area contributed by atoms with Gasteiger partial charge in [0.2, 0.25) is 0 Å². The maximum absolute atomic E-state index is 12.1. The monoisotopic (exact) mass is 2180 g/mol. The van der Waals surface area contributed by atoms with Gasteiger partial charge in [-0.05, 0) is 44.9 Å². The lowest BCUT2D eigenvalue weighted by Gasteiger charge is -2.52. The van der Waals surface area contributed by atoms with Gasteiger partial charge in [-0.2, -0.15) is 58.9 Å². The molecule has 21 fully saturated rings. The van der Waals surface area contributed by atoms with Crippen LogP contribution < -0.4 is 0 Å². The Morgan fingerprint density at radius 2 is 0.264 bits per heavy atom. The molecule has 0 aromatic heterocycles. The maximum atomic E-state index is 12.1. The minimum absolute atomic E-state index is 0.280. The van der Waals surface area contributed by atoms with E-state index in [1.165, 1.54) is 99.5 Å². The van der Waals surface area contributed by atoms with Gasteiger partial charge in [-0.3, -0.25) is 31.9 Å². The fraction of sp³-hybridized carbons (Fsp3) is 1.00. The van der Waals surface area contributed by atoms with Crippen molar-refractivity contribution in [3.05, 3.63) is 0 Å². The average Bonchev–Trinajstić information content (AvgIpc) is 0.790. The van der Waals surface area contributed by atoms with Crippen molar-refractivity contribution in [2.24, 2.45) is 0 Å². The van der Waals surface area contributed by atoms with Crippen LogP contribution >= 0.6 is 0 Å². The van der Waals surface area contributed by atoms with Crippen molar-refractivity contribution in [3.63, 3.8) is 0 Å². The molecule has 0 aromatic carbocycles. The fourth-order valence-electron chi connectivity index (χ4n) is 17.5. The molecule has 56 nitrogen and oxygen atoms in total. The first-order valence-corrected chi connectivity index (χ1v) is 55.7. The molecule has 0 saturated carbocycles. The van der Waals surface area contributed by atoms with E-state index < -0.39 is 372 Å². The fourth-order valence-corrected chi connectivity index (χ4v) is 20.9. The highest BCUT2D eigenvalue weighted by molar-refractivity contribution is 7.87. The zero-order valence-electron chi connectivity index (χ0n) is 80.0. The summed E-state index contributed by atoms with van der Waals surface area (Å²) in [5.74, 6) is -5.32. The van der Waals surface area contributed by atoms with E-state index in [1.54, 1.807) is 0 Å². The zero-order valence-corrected chi connectivity index (χ0v) is 85.7. The molecule has 0 unspecified atom stereocenters. The normalized spacial score (nSPS) is 36.6. The summed E-state index contributed by atoms with van der Waals surface area (Å²) in [5.41, 5.74) is 0. The van der Waals surface area contributed by atoms with Gasteiger partial charge in [-0.15, -0.1) is 0 Å². The van der Waals surface area contributed by atoms with Crippen molar-refractivity contribution in [3.8, 4) is 0 Å². The molecule has 140 heavy (non-hydrogen) atoms. The van der Waals surface area contributed by atoms with Crippen LogP contribution in [0.15, 0.2) is 0 Å². The van der Waals surface area contributed by atoms with Gasteiger partial charge in [0.15, 0.2) is 44.0 Å². The summed E-state index contributed by atoms with van der Waals surface area (Å²) in [7, 11) is -14.3. The van der Waals surface area contributed by atoms with Gasteiger partial charge in [-0.25, -0.2) is 0 Å². The van der Waals surface area contributed by atoms with Crippen LogP contribution in [0.2, 0.25) is 0 Å². The van der Waals surface area contributed by atoms with E-state index >= 15 is 0 Å². The summed E-state index contributed by atoms with van der Waals surface area (Å²) < 4.78 is 467. The summed E-state index contributed by atoms with van der Waals surface area (Å²) >= 11 is 0. The minimum atomic E-state index is -4.56. The Labute approximate surface area is 815 Å². The van der Waals surface area contributed by atoms with Gasteiger partial charge >= 0.3 is 0 Å². The Morgan fingerprint density at radius 1 is 0.164 bits per heavy atom. The molecule has 21 rings (SSSR count). The largest absolute Gasteiger partial charge is 0.379 e.